The number of nitriles is 1. The molecule has 3 rings (SSSR count). The van der Waals surface area contributed by atoms with E-state index >= 15 is 0 Å². The van der Waals surface area contributed by atoms with Crippen LogP contribution in [0.3, 0.4) is 0 Å². The molecule has 0 fully saturated rings. The van der Waals surface area contributed by atoms with E-state index in [2.05, 4.69) is 15.3 Å². The average Bonchev–Trinajstić information content (AvgIpc) is 3.00. The van der Waals surface area contributed by atoms with Gasteiger partial charge in [0, 0.05) is 31.0 Å². The normalized spacial score (nSPS) is 11.2. The van der Waals surface area contributed by atoms with Crippen molar-refractivity contribution in [3.05, 3.63) is 54.0 Å². The van der Waals surface area contributed by atoms with Crippen LogP contribution in [-0.2, 0) is 7.05 Å². The summed E-state index contributed by atoms with van der Waals surface area (Å²) in [5, 5.41) is 12.9. The zero-order valence-electron chi connectivity index (χ0n) is 14.9. The van der Waals surface area contributed by atoms with Gasteiger partial charge in [-0.25, -0.2) is 9.97 Å². The van der Waals surface area contributed by atoms with Crippen LogP contribution in [0.15, 0.2) is 42.9 Å². The van der Waals surface area contributed by atoms with Crippen molar-refractivity contribution in [3.63, 3.8) is 0 Å². The van der Waals surface area contributed by atoms with Gasteiger partial charge in [-0.05, 0) is 38.1 Å². The second-order valence-corrected chi connectivity index (χ2v) is 6.66. The molecule has 26 heavy (non-hydrogen) atoms. The molecular weight excluding hydrogens is 330 g/mol. The fraction of sp³-hybridized carbons (Fsp3) is 0.263. The Morgan fingerprint density at radius 3 is 2.96 bits per heavy atom. The van der Waals surface area contributed by atoms with Gasteiger partial charge in [-0.3, -0.25) is 4.79 Å². The van der Waals surface area contributed by atoms with Gasteiger partial charge in [0.05, 0.1) is 11.1 Å². The molecular formula is C19H19N5O2. The molecule has 0 aliphatic heterocycles. The smallest absolute Gasteiger partial charge is 0.253 e. The number of carbonyl (C=O) groups excluding carboxylic acids is 1. The molecule has 0 aliphatic rings. The van der Waals surface area contributed by atoms with Crippen molar-refractivity contribution in [2.75, 3.05) is 6.61 Å². The third-order valence-corrected chi connectivity index (χ3v) is 3.88. The number of rotatable bonds is 5. The summed E-state index contributed by atoms with van der Waals surface area (Å²) in [5.74, 6) is 0.0167. The minimum absolute atomic E-state index is 0.172. The van der Waals surface area contributed by atoms with Crippen LogP contribution in [0.2, 0.25) is 0 Å². The Labute approximate surface area is 151 Å². The largest absolute Gasteiger partial charge is 0.474 e. The number of fused-ring (bicyclic) bond motifs is 1. The van der Waals surface area contributed by atoms with E-state index in [1.807, 2.05) is 43.8 Å². The van der Waals surface area contributed by atoms with E-state index < -0.39 is 5.54 Å². The van der Waals surface area contributed by atoms with Crippen LogP contribution in [0.25, 0.3) is 11.0 Å². The van der Waals surface area contributed by atoms with E-state index in [0.717, 1.165) is 11.0 Å². The molecule has 3 heterocycles. The maximum atomic E-state index is 12.6. The molecule has 132 valence electrons. The lowest BCUT2D eigenvalue weighted by Gasteiger charge is -2.26. The number of hydrogen-bond donors (Lipinski definition) is 1. The monoisotopic (exact) mass is 349 g/mol. The third-order valence-electron chi connectivity index (χ3n) is 3.88. The van der Waals surface area contributed by atoms with Crippen LogP contribution in [0.5, 0.6) is 5.88 Å². The second kappa shape index (κ2) is 6.84. The number of hydrogen-bond acceptors (Lipinski definition) is 5. The summed E-state index contributed by atoms with van der Waals surface area (Å²) in [6.45, 7) is 3.86. The number of nitrogens with zero attached hydrogens (tertiary/aromatic N) is 4. The zero-order valence-corrected chi connectivity index (χ0v) is 14.9. The molecule has 1 N–H and O–H groups in total. The van der Waals surface area contributed by atoms with E-state index in [1.54, 1.807) is 30.6 Å². The molecule has 0 atom stereocenters. The Balaban J connectivity index is 1.69. The predicted molar refractivity (Wildman–Crippen MR) is 96.7 cm³/mol. The van der Waals surface area contributed by atoms with Crippen molar-refractivity contribution in [1.82, 2.24) is 19.9 Å². The molecule has 1 amide bonds. The molecule has 0 aromatic carbocycles. The van der Waals surface area contributed by atoms with E-state index in [-0.39, 0.29) is 18.4 Å². The number of aryl methyl sites for hydroxylation is 1. The summed E-state index contributed by atoms with van der Waals surface area (Å²) >= 11 is 0. The van der Waals surface area contributed by atoms with Gasteiger partial charge >= 0.3 is 0 Å². The van der Waals surface area contributed by atoms with E-state index in [9.17, 15) is 4.79 Å². The quantitative estimate of drug-likeness (QED) is 0.763. The molecule has 0 unspecified atom stereocenters. The Morgan fingerprint density at radius 2 is 2.19 bits per heavy atom. The highest BCUT2D eigenvalue weighted by Gasteiger charge is 2.23. The highest BCUT2D eigenvalue weighted by molar-refractivity contribution is 5.97. The van der Waals surface area contributed by atoms with Crippen LogP contribution in [0.4, 0.5) is 0 Å². The standard InChI is InChI=1S/C19H19N5O2/c1-19(2,12-26-18-14(10-20)5-4-7-21-18)23-17(25)15-9-13-6-8-24(3)16(13)22-11-15/h4-9,11H,12H2,1-3H3,(H,23,25). The Morgan fingerprint density at radius 1 is 1.38 bits per heavy atom. The van der Waals surface area contributed by atoms with Crippen molar-refractivity contribution in [2.45, 2.75) is 19.4 Å². The third kappa shape index (κ3) is 3.64. The minimum atomic E-state index is -0.660. The van der Waals surface area contributed by atoms with Gasteiger partial charge in [0.1, 0.15) is 23.9 Å². The van der Waals surface area contributed by atoms with Gasteiger partial charge in [0.2, 0.25) is 5.88 Å². The van der Waals surface area contributed by atoms with Crippen molar-refractivity contribution in [3.8, 4) is 11.9 Å². The molecule has 0 saturated carbocycles. The van der Waals surface area contributed by atoms with Crippen molar-refractivity contribution < 1.29 is 9.53 Å². The summed E-state index contributed by atoms with van der Waals surface area (Å²) in [6.07, 6.45) is 5.01. The van der Waals surface area contributed by atoms with Crippen molar-refractivity contribution in [1.29, 1.82) is 5.26 Å². The van der Waals surface area contributed by atoms with Gasteiger partial charge in [-0.1, -0.05) is 0 Å². The number of ether oxygens (including phenoxy) is 1. The fourth-order valence-electron chi connectivity index (χ4n) is 2.53. The fourth-order valence-corrected chi connectivity index (χ4v) is 2.53. The lowest BCUT2D eigenvalue weighted by Crippen LogP contribution is -2.48. The summed E-state index contributed by atoms with van der Waals surface area (Å²) < 4.78 is 7.53. The second-order valence-electron chi connectivity index (χ2n) is 6.66. The number of nitrogens with one attached hydrogen (secondary N) is 1. The first-order valence-corrected chi connectivity index (χ1v) is 8.11. The van der Waals surface area contributed by atoms with Crippen LogP contribution < -0.4 is 10.1 Å². The number of pyridine rings is 2. The summed E-state index contributed by atoms with van der Waals surface area (Å²) in [6, 6.07) is 9.06. The molecule has 7 nitrogen and oxygen atoms in total. The van der Waals surface area contributed by atoms with Crippen LogP contribution in [0.1, 0.15) is 29.8 Å². The van der Waals surface area contributed by atoms with Crippen molar-refractivity contribution >= 4 is 16.9 Å². The predicted octanol–water partition coefficient (Wildman–Crippen LogP) is 2.43. The number of aromatic nitrogens is 3. The molecule has 7 heteroatoms. The zero-order chi connectivity index (χ0) is 18.7. The number of carbonyl (C=O) groups is 1. The van der Waals surface area contributed by atoms with Crippen molar-refractivity contribution in [2.24, 2.45) is 7.05 Å². The molecule has 3 aromatic rings. The van der Waals surface area contributed by atoms with E-state index in [0.29, 0.717) is 11.1 Å². The van der Waals surface area contributed by atoms with Gasteiger partial charge in [-0.2, -0.15) is 5.26 Å². The Bertz CT molecular complexity index is 1000. The van der Waals surface area contributed by atoms with Gasteiger partial charge in [0.25, 0.3) is 5.91 Å². The molecule has 0 radical (unpaired) electrons. The van der Waals surface area contributed by atoms with E-state index in [1.165, 1.54) is 0 Å². The molecule has 3 aromatic heterocycles. The van der Waals surface area contributed by atoms with Crippen LogP contribution >= 0.6 is 0 Å². The summed E-state index contributed by atoms with van der Waals surface area (Å²) in [7, 11) is 1.91. The van der Waals surface area contributed by atoms with Crippen LogP contribution in [-0.4, -0.2) is 32.6 Å². The Kier molecular flexibility index (Phi) is 4.59. The maximum absolute atomic E-state index is 12.6. The Hall–Kier alpha value is -3.40. The highest BCUT2D eigenvalue weighted by Crippen LogP contribution is 2.17. The van der Waals surface area contributed by atoms with Gasteiger partial charge in [-0.15, -0.1) is 0 Å². The number of amides is 1. The van der Waals surface area contributed by atoms with Gasteiger partial charge < -0.3 is 14.6 Å². The molecule has 0 aliphatic carbocycles. The lowest BCUT2D eigenvalue weighted by molar-refractivity contribution is 0.0878. The van der Waals surface area contributed by atoms with Crippen LogP contribution in [0, 0.1) is 11.3 Å². The molecule has 0 bridgehead atoms. The molecule has 0 saturated heterocycles. The first-order valence-electron chi connectivity index (χ1n) is 8.11. The summed E-state index contributed by atoms with van der Waals surface area (Å²) in [4.78, 5) is 21.0. The lowest BCUT2D eigenvalue weighted by atomic mass is 10.1. The SMILES string of the molecule is Cn1ccc2cc(C(=O)NC(C)(C)COc3ncccc3C#N)cnc21. The highest BCUT2D eigenvalue weighted by atomic mass is 16.5. The topological polar surface area (TPSA) is 92.8 Å². The average molecular weight is 349 g/mol. The van der Waals surface area contributed by atoms with Gasteiger partial charge in [0.15, 0.2) is 0 Å². The minimum Gasteiger partial charge on any atom is -0.474 e. The van der Waals surface area contributed by atoms with E-state index in [4.69, 9.17) is 10.00 Å². The maximum Gasteiger partial charge on any atom is 0.253 e. The first-order chi connectivity index (χ1) is 12.4. The molecule has 0 spiro atoms. The summed E-state index contributed by atoms with van der Waals surface area (Å²) in [5.41, 5.74) is 0.997. The first kappa shape index (κ1) is 17.4.